The van der Waals surface area contributed by atoms with Crippen LogP contribution in [0.4, 0.5) is 0 Å². The minimum Gasteiger partial charge on any atom is -0.347 e. The molecule has 0 radical (unpaired) electrons. The molecule has 0 aliphatic carbocycles. The number of nitrogens with one attached hydrogen (secondary N) is 2. The molecule has 8 heteroatoms. The van der Waals surface area contributed by atoms with Gasteiger partial charge in [-0.3, -0.25) is 4.79 Å². The number of halogens is 2. The van der Waals surface area contributed by atoms with E-state index in [1.807, 2.05) is 17.5 Å². The first kappa shape index (κ1) is 15.9. The van der Waals surface area contributed by atoms with Crippen LogP contribution in [-0.4, -0.2) is 30.0 Å². The van der Waals surface area contributed by atoms with E-state index in [9.17, 15) is 4.79 Å². The van der Waals surface area contributed by atoms with Gasteiger partial charge in [0.05, 0.1) is 8.66 Å². The summed E-state index contributed by atoms with van der Waals surface area (Å²) in [5.41, 5.74) is 0.511. The van der Waals surface area contributed by atoms with E-state index in [1.54, 1.807) is 11.3 Å². The number of carbonyl (C=O) groups excluding carboxylic acids is 1. The Morgan fingerprint density at radius 2 is 2.35 bits per heavy atom. The zero-order valence-electron chi connectivity index (χ0n) is 10.4. The molecule has 20 heavy (non-hydrogen) atoms. The molecule has 2 aromatic rings. The molecule has 0 aromatic carbocycles. The smallest absolute Gasteiger partial charge is 0.271 e. The highest BCUT2D eigenvalue weighted by Crippen LogP contribution is 2.33. The second-order valence-electron chi connectivity index (χ2n) is 4.30. The van der Waals surface area contributed by atoms with Crippen molar-refractivity contribution >= 4 is 56.9 Å². The summed E-state index contributed by atoms with van der Waals surface area (Å²) in [6.45, 7) is 1.82. The summed E-state index contributed by atoms with van der Waals surface area (Å²) in [6, 6.07) is 4.23. The minimum atomic E-state index is -0.0770. The fourth-order valence-electron chi connectivity index (χ4n) is 1.96. The number of amides is 1. The van der Waals surface area contributed by atoms with Gasteiger partial charge in [0.25, 0.3) is 5.91 Å². The Kier molecular flexibility index (Phi) is 5.57. The van der Waals surface area contributed by atoms with Crippen LogP contribution in [0, 0.1) is 0 Å². The van der Waals surface area contributed by atoms with Crippen molar-refractivity contribution < 1.29 is 4.79 Å². The molecule has 1 aliphatic heterocycles. The number of hydrogen-bond acceptors (Lipinski definition) is 5. The Bertz CT molecular complexity index is 595. The number of thiazole rings is 1. The highest BCUT2D eigenvalue weighted by atomic mass is 79.9. The first-order valence-corrected chi connectivity index (χ1v) is 8.44. The summed E-state index contributed by atoms with van der Waals surface area (Å²) < 4.78 is 1.07. The van der Waals surface area contributed by atoms with Crippen molar-refractivity contribution in [3.63, 3.8) is 0 Å². The molecule has 108 valence electrons. The van der Waals surface area contributed by atoms with Crippen LogP contribution in [0.15, 0.2) is 21.3 Å². The van der Waals surface area contributed by atoms with Gasteiger partial charge in [0.15, 0.2) is 0 Å². The van der Waals surface area contributed by atoms with Gasteiger partial charge in [-0.25, -0.2) is 4.98 Å². The molecular formula is C12H13BrClN3OS2. The number of nitrogens with zero attached hydrogens (tertiary/aromatic N) is 1. The van der Waals surface area contributed by atoms with Crippen LogP contribution in [0.25, 0.3) is 9.88 Å². The Labute approximate surface area is 139 Å². The van der Waals surface area contributed by atoms with Gasteiger partial charge in [0.2, 0.25) is 0 Å². The molecule has 0 spiro atoms. The van der Waals surface area contributed by atoms with Crippen LogP contribution in [0.5, 0.6) is 0 Å². The monoisotopic (exact) mass is 393 g/mol. The molecule has 4 nitrogen and oxygen atoms in total. The fraction of sp³-hybridized carbons (Fsp3) is 0.333. The van der Waals surface area contributed by atoms with Crippen molar-refractivity contribution in [3.05, 3.63) is 27.0 Å². The number of thiophene rings is 1. The largest absolute Gasteiger partial charge is 0.347 e. The van der Waals surface area contributed by atoms with E-state index in [-0.39, 0.29) is 24.4 Å². The predicted octanol–water partition coefficient (Wildman–Crippen LogP) is 3.15. The van der Waals surface area contributed by atoms with Crippen molar-refractivity contribution in [2.45, 2.75) is 12.5 Å². The lowest BCUT2D eigenvalue weighted by Crippen LogP contribution is -2.36. The molecule has 1 unspecified atom stereocenters. The van der Waals surface area contributed by atoms with Crippen LogP contribution < -0.4 is 10.6 Å². The van der Waals surface area contributed by atoms with E-state index in [4.69, 9.17) is 0 Å². The highest BCUT2D eigenvalue weighted by Gasteiger charge is 2.19. The Hall–Kier alpha value is -0.470. The quantitative estimate of drug-likeness (QED) is 0.841. The maximum absolute atomic E-state index is 12.0. The molecule has 1 atom stereocenters. The number of hydrogen-bond donors (Lipinski definition) is 2. The summed E-state index contributed by atoms with van der Waals surface area (Å²) in [5, 5.41) is 8.94. The molecule has 2 aromatic heterocycles. The van der Waals surface area contributed by atoms with E-state index in [2.05, 4.69) is 31.5 Å². The van der Waals surface area contributed by atoms with Gasteiger partial charge in [0.1, 0.15) is 10.7 Å². The van der Waals surface area contributed by atoms with E-state index in [1.165, 1.54) is 11.3 Å². The average Bonchev–Trinajstić information content (AvgIpc) is 3.07. The maximum atomic E-state index is 12.0. The zero-order chi connectivity index (χ0) is 13.2. The Morgan fingerprint density at radius 1 is 1.50 bits per heavy atom. The SMILES string of the molecule is Cl.O=C(NC1CCNC1)c1csc(-c2ccc(Br)s2)n1. The lowest BCUT2D eigenvalue weighted by molar-refractivity contribution is 0.0936. The van der Waals surface area contributed by atoms with Gasteiger partial charge in [-0.15, -0.1) is 35.1 Å². The van der Waals surface area contributed by atoms with Crippen molar-refractivity contribution in [1.29, 1.82) is 0 Å². The lowest BCUT2D eigenvalue weighted by atomic mass is 10.2. The van der Waals surface area contributed by atoms with Gasteiger partial charge >= 0.3 is 0 Å². The first-order chi connectivity index (χ1) is 9.22. The van der Waals surface area contributed by atoms with Gasteiger partial charge in [0, 0.05) is 18.0 Å². The summed E-state index contributed by atoms with van der Waals surface area (Å²) in [6.07, 6.45) is 0.987. The predicted molar refractivity (Wildman–Crippen MR) is 89.1 cm³/mol. The van der Waals surface area contributed by atoms with Gasteiger partial charge in [-0.05, 0) is 41.0 Å². The Morgan fingerprint density at radius 3 is 3.00 bits per heavy atom. The normalized spacial score (nSPS) is 17.8. The number of carbonyl (C=O) groups is 1. The van der Waals surface area contributed by atoms with E-state index < -0.39 is 0 Å². The molecule has 0 saturated carbocycles. The van der Waals surface area contributed by atoms with Crippen molar-refractivity contribution in [2.24, 2.45) is 0 Å². The van der Waals surface area contributed by atoms with E-state index in [0.717, 1.165) is 33.2 Å². The third-order valence-electron chi connectivity index (χ3n) is 2.92. The highest BCUT2D eigenvalue weighted by molar-refractivity contribution is 9.11. The van der Waals surface area contributed by atoms with Crippen LogP contribution in [0.2, 0.25) is 0 Å². The summed E-state index contributed by atoms with van der Waals surface area (Å²) in [4.78, 5) is 17.5. The van der Waals surface area contributed by atoms with E-state index >= 15 is 0 Å². The molecular weight excluding hydrogens is 382 g/mol. The number of rotatable bonds is 3. The Balaban J connectivity index is 0.00000147. The summed E-state index contributed by atoms with van der Waals surface area (Å²) in [5.74, 6) is -0.0770. The van der Waals surface area contributed by atoms with Gasteiger partial charge < -0.3 is 10.6 Å². The second kappa shape index (κ2) is 7.00. The van der Waals surface area contributed by atoms with Crippen LogP contribution in [0.1, 0.15) is 16.9 Å². The standard InChI is InChI=1S/C12H12BrN3OS2.ClH/c13-10-2-1-9(19-10)12-16-8(6-18-12)11(17)15-7-3-4-14-5-7;/h1-2,6-7,14H,3-5H2,(H,15,17);1H. The van der Waals surface area contributed by atoms with Crippen molar-refractivity contribution in [2.75, 3.05) is 13.1 Å². The number of aromatic nitrogens is 1. The van der Waals surface area contributed by atoms with Crippen LogP contribution in [-0.2, 0) is 0 Å². The minimum absolute atomic E-state index is 0. The van der Waals surface area contributed by atoms with Crippen molar-refractivity contribution in [3.8, 4) is 9.88 Å². The second-order valence-corrected chi connectivity index (χ2v) is 7.63. The molecule has 3 heterocycles. The molecule has 1 aliphatic rings. The third kappa shape index (κ3) is 3.59. The summed E-state index contributed by atoms with van der Waals surface area (Å²) in [7, 11) is 0. The topological polar surface area (TPSA) is 54.0 Å². The molecule has 3 rings (SSSR count). The average molecular weight is 395 g/mol. The fourth-order valence-corrected chi connectivity index (χ4v) is 4.22. The first-order valence-electron chi connectivity index (χ1n) is 5.95. The van der Waals surface area contributed by atoms with Gasteiger partial charge in [-0.2, -0.15) is 0 Å². The van der Waals surface area contributed by atoms with Crippen molar-refractivity contribution in [1.82, 2.24) is 15.6 Å². The molecule has 0 bridgehead atoms. The van der Waals surface area contributed by atoms with Crippen LogP contribution in [0.3, 0.4) is 0 Å². The molecule has 1 saturated heterocycles. The van der Waals surface area contributed by atoms with Crippen LogP contribution >= 0.6 is 51.0 Å². The summed E-state index contributed by atoms with van der Waals surface area (Å²) >= 11 is 6.56. The van der Waals surface area contributed by atoms with Gasteiger partial charge in [-0.1, -0.05) is 0 Å². The molecule has 2 N–H and O–H groups in total. The molecule has 1 fully saturated rings. The zero-order valence-corrected chi connectivity index (χ0v) is 14.4. The maximum Gasteiger partial charge on any atom is 0.271 e. The van der Waals surface area contributed by atoms with E-state index in [0.29, 0.717) is 5.69 Å². The lowest BCUT2D eigenvalue weighted by Gasteiger charge is -2.09. The third-order valence-corrected chi connectivity index (χ3v) is 5.55. The molecule has 1 amide bonds.